The minimum absolute atomic E-state index is 0.293. The predicted octanol–water partition coefficient (Wildman–Crippen LogP) is 3.87. The summed E-state index contributed by atoms with van der Waals surface area (Å²) in [5, 5.41) is 0. The number of hydrogen-bond donors (Lipinski definition) is 0. The van der Waals surface area contributed by atoms with E-state index < -0.39 is 0 Å². The molecule has 1 aliphatic heterocycles. The van der Waals surface area contributed by atoms with Crippen LogP contribution in [0.3, 0.4) is 0 Å². The third-order valence-electron chi connectivity index (χ3n) is 4.95. The standard InChI is InChI=1S/C19H24BNO3/c1-6-19(5)18(3,4)23-20(24-19)15-10-12-16(13-11-15)22-17-9-7-8-14(2)21-17/h7-13H,6H2,1-5H3. The molecule has 24 heavy (non-hydrogen) atoms. The van der Waals surface area contributed by atoms with Crippen LogP contribution in [0.2, 0.25) is 0 Å². The minimum atomic E-state index is -0.351. The van der Waals surface area contributed by atoms with E-state index in [0.29, 0.717) is 5.88 Å². The van der Waals surface area contributed by atoms with Gasteiger partial charge in [0.1, 0.15) is 5.75 Å². The van der Waals surface area contributed by atoms with Crippen molar-refractivity contribution in [2.24, 2.45) is 0 Å². The van der Waals surface area contributed by atoms with Gasteiger partial charge in [0.05, 0.1) is 11.2 Å². The van der Waals surface area contributed by atoms with Gasteiger partial charge in [-0.05, 0) is 57.8 Å². The van der Waals surface area contributed by atoms with Crippen molar-refractivity contribution >= 4 is 12.6 Å². The number of ether oxygens (including phenoxy) is 1. The molecule has 3 rings (SSSR count). The first kappa shape index (κ1) is 17.0. The molecule has 1 fully saturated rings. The lowest BCUT2D eigenvalue weighted by Crippen LogP contribution is -2.44. The van der Waals surface area contributed by atoms with Gasteiger partial charge >= 0.3 is 7.12 Å². The minimum Gasteiger partial charge on any atom is -0.439 e. The summed E-state index contributed by atoms with van der Waals surface area (Å²) in [5.41, 5.74) is 1.30. The Morgan fingerprint density at radius 2 is 1.75 bits per heavy atom. The van der Waals surface area contributed by atoms with E-state index in [4.69, 9.17) is 14.0 Å². The Balaban J connectivity index is 1.74. The predicted molar refractivity (Wildman–Crippen MR) is 95.8 cm³/mol. The zero-order valence-corrected chi connectivity index (χ0v) is 15.0. The molecule has 0 spiro atoms. The fraction of sp³-hybridized carbons (Fsp3) is 0.421. The number of benzene rings is 1. The highest BCUT2D eigenvalue weighted by Crippen LogP contribution is 2.39. The van der Waals surface area contributed by atoms with E-state index in [1.165, 1.54) is 0 Å². The molecule has 1 unspecified atom stereocenters. The van der Waals surface area contributed by atoms with E-state index >= 15 is 0 Å². The van der Waals surface area contributed by atoms with Crippen LogP contribution in [0, 0.1) is 6.92 Å². The molecule has 0 radical (unpaired) electrons. The van der Waals surface area contributed by atoms with Gasteiger partial charge in [-0.2, -0.15) is 0 Å². The second-order valence-corrected chi connectivity index (χ2v) is 6.95. The van der Waals surface area contributed by atoms with Crippen LogP contribution in [0.5, 0.6) is 11.6 Å². The maximum Gasteiger partial charge on any atom is 0.494 e. The lowest BCUT2D eigenvalue weighted by atomic mass is 9.79. The summed E-state index contributed by atoms with van der Waals surface area (Å²) in [4.78, 5) is 4.35. The van der Waals surface area contributed by atoms with E-state index in [1.807, 2.05) is 49.4 Å². The number of aryl methyl sites for hydroxylation is 1. The Morgan fingerprint density at radius 3 is 2.33 bits per heavy atom. The molecule has 1 saturated heterocycles. The molecule has 2 aromatic rings. The number of nitrogens with zero attached hydrogens (tertiary/aromatic N) is 1. The van der Waals surface area contributed by atoms with Crippen molar-refractivity contribution in [1.82, 2.24) is 4.98 Å². The Labute approximate surface area is 144 Å². The van der Waals surface area contributed by atoms with Gasteiger partial charge in [0.2, 0.25) is 5.88 Å². The maximum atomic E-state index is 6.20. The van der Waals surface area contributed by atoms with Crippen LogP contribution >= 0.6 is 0 Å². The molecule has 0 amide bonds. The molecule has 0 saturated carbocycles. The highest BCUT2D eigenvalue weighted by atomic mass is 16.7. The number of pyridine rings is 1. The highest BCUT2D eigenvalue weighted by molar-refractivity contribution is 6.62. The molecule has 4 nitrogen and oxygen atoms in total. The average Bonchev–Trinajstić information content (AvgIpc) is 2.78. The third kappa shape index (κ3) is 3.19. The van der Waals surface area contributed by atoms with Crippen LogP contribution in [0.25, 0.3) is 0 Å². The monoisotopic (exact) mass is 325 g/mol. The lowest BCUT2D eigenvalue weighted by Gasteiger charge is -2.35. The molecule has 1 aromatic carbocycles. The van der Waals surface area contributed by atoms with Crippen LogP contribution in [0.4, 0.5) is 0 Å². The zero-order valence-electron chi connectivity index (χ0n) is 15.0. The van der Waals surface area contributed by atoms with Crippen LogP contribution in [-0.4, -0.2) is 23.3 Å². The first-order chi connectivity index (χ1) is 11.3. The average molecular weight is 325 g/mol. The molecule has 126 valence electrons. The smallest absolute Gasteiger partial charge is 0.439 e. The molecular formula is C19H24BNO3. The van der Waals surface area contributed by atoms with Crippen molar-refractivity contribution in [2.45, 2.75) is 52.2 Å². The fourth-order valence-corrected chi connectivity index (χ4v) is 2.83. The van der Waals surface area contributed by atoms with E-state index in [-0.39, 0.29) is 18.3 Å². The normalized spacial score (nSPS) is 22.6. The first-order valence-electron chi connectivity index (χ1n) is 8.40. The van der Waals surface area contributed by atoms with Gasteiger partial charge in [0.15, 0.2) is 0 Å². The summed E-state index contributed by atoms with van der Waals surface area (Å²) in [5.74, 6) is 1.34. The Kier molecular flexibility index (Phi) is 4.41. The number of hydrogen-bond acceptors (Lipinski definition) is 4. The van der Waals surface area contributed by atoms with Gasteiger partial charge in [0.25, 0.3) is 0 Å². The maximum absolute atomic E-state index is 6.20. The molecule has 0 N–H and O–H groups in total. The van der Waals surface area contributed by atoms with Crippen LogP contribution < -0.4 is 10.2 Å². The van der Waals surface area contributed by atoms with Gasteiger partial charge < -0.3 is 14.0 Å². The Hall–Kier alpha value is -1.85. The molecule has 0 bridgehead atoms. The number of aromatic nitrogens is 1. The van der Waals surface area contributed by atoms with Gasteiger partial charge in [-0.15, -0.1) is 0 Å². The largest absolute Gasteiger partial charge is 0.494 e. The third-order valence-corrected chi connectivity index (χ3v) is 4.95. The van der Waals surface area contributed by atoms with Crippen molar-refractivity contribution in [3.63, 3.8) is 0 Å². The summed E-state index contributed by atoms with van der Waals surface area (Å²) in [7, 11) is -0.351. The van der Waals surface area contributed by atoms with Crippen LogP contribution in [0.15, 0.2) is 42.5 Å². The SMILES string of the molecule is CCC1(C)OB(c2ccc(Oc3cccc(C)n3)cc2)OC1(C)C. The summed E-state index contributed by atoms with van der Waals surface area (Å²) in [6.07, 6.45) is 0.900. The van der Waals surface area contributed by atoms with Gasteiger partial charge in [0, 0.05) is 11.8 Å². The van der Waals surface area contributed by atoms with Crippen molar-refractivity contribution in [1.29, 1.82) is 0 Å². The van der Waals surface area contributed by atoms with Crippen molar-refractivity contribution < 1.29 is 14.0 Å². The molecule has 1 aromatic heterocycles. The second-order valence-electron chi connectivity index (χ2n) is 6.95. The van der Waals surface area contributed by atoms with E-state index in [1.54, 1.807) is 0 Å². The zero-order chi connectivity index (χ0) is 17.4. The van der Waals surface area contributed by atoms with Crippen molar-refractivity contribution in [3.8, 4) is 11.6 Å². The fourth-order valence-electron chi connectivity index (χ4n) is 2.83. The van der Waals surface area contributed by atoms with Crippen molar-refractivity contribution in [2.75, 3.05) is 0 Å². The van der Waals surface area contributed by atoms with Gasteiger partial charge in [-0.25, -0.2) is 4.98 Å². The molecule has 1 atom stereocenters. The quantitative estimate of drug-likeness (QED) is 0.800. The van der Waals surface area contributed by atoms with E-state index in [0.717, 1.165) is 23.3 Å². The summed E-state index contributed by atoms with van der Waals surface area (Å²) in [6.45, 7) is 10.3. The molecule has 1 aliphatic rings. The second kappa shape index (κ2) is 6.23. The molecule has 0 aliphatic carbocycles. The Morgan fingerprint density at radius 1 is 1.04 bits per heavy atom. The topological polar surface area (TPSA) is 40.6 Å². The summed E-state index contributed by atoms with van der Waals surface area (Å²) in [6, 6.07) is 13.5. The van der Waals surface area contributed by atoms with E-state index in [9.17, 15) is 0 Å². The first-order valence-corrected chi connectivity index (χ1v) is 8.40. The lowest BCUT2D eigenvalue weighted by molar-refractivity contribution is -0.0118. The molecule has 5 heteroatoms. The summed E-state index contributed by atoms with van der Waals surface area (Å²) < 4.78 is 18.1. The molecule has 2 heterocycles. The van der Waals surface area contributed by atoms with Gasteiger partial charge in [-0.1, -0.05) is 25.1 Å². The van der Waals surface area contributed by atoms with E-state index in [2.05, 4.69) is 32.7 Å². The number of rotatable bonds is 4. The highest BCUT2D eigenvalue weighted by Gasteiger charge is 2.53. The van der Waals surface area contributed by atoms with Crippen molar-refractivity contribution in [3.05, 3.63) is 48.2 Å². The summed E-state index contributed by atoms with van der Waals surface area (Å²) >= 11 is 0. The Bertz CT molecular complexity index is 717. The molecular weight excluding hydrogens is 301 g/mol. The van der Waals surface area contributed by atoms with Crippen LogP contribution in [0.1, 0.15) is 39.8 Å². The van der Waals surface area contributed by atoms with Crippen LogP contribution in [-0.2, 0) is 9.31 Å². The van der Waals surface area contributed by atoms with Gasteiger partial charge in [-0.3, -0.25) is 0 Å².